The molecule has 5 rings (SSSR count). The monoisotopic (exact) mass is 518 g/mol. The Balaban J connectivity index is 1.48. The summed E-state index contributed by atoms with van der Waals surface area (Å²) in [6, 6.07) is 21.6. The van der Waals surface area contributed by atoms with Crippen molar-refractivity contribution in [3.8, 4) is 17.5 Å². The summed E-state index contributed by atoms with van der Waals surface area (Å²) in [6.07, 6.45) is 1.29. The summed E-state index contributed by atoms with van der Waals surface area (Å²) >= 11 is 6.17. The van der Waals surface area contributed by atoms with Gasteiger partial charge in [0.15, 0.2) is 0 Å². The quantitative estimate of drug-likeness (QED) is 0.265. The lowest BCUT2D eigenvalue weighted by molar-refractivity contribution is 0.00813. The van der Waals surface area contributed by atoms with Crippen LogP contribution in [0.2, 0.25) is 5.02 Å². The van der Waals surface area contributed by atoms with Gasteiger partial charge in [-0.1, -0.05) is 47.1 Å². The van der Waals surface area contributed by atoms with Crippen molar-refractivity contribution in [3.05, 3.63) is 106 Å². The van der Waals surface area contributed by atoms with Gasteiger partial charge in [-0.25, -0.2) is 8.78 Å². The van der Waals surface area contributed by atoms with Crippen LogP contribution >= 0.6 is 11.6 Å². The first-order chi connectivity index (χ1) is 17.7. The van der Waals surface area contributed by atoms with Crippen LogP contribution in [0.1, 0.15) is 48.1 Å². The molecular weight excluding hydrogens is 494 g/mol. The molecule has 2 heterocycles. The Hall–Kier alpha value is -3.60. The number of alkyl halides is 1. The van der Waals surface area contributed by atoms with Crippen molar-refractivity contribution in [1.29, 1.82) is 5.26 Å². The maximum absolute atomic E-state index is 15.5. The minimum absolute atomic E-state index is 0.0662. The molecule has 0 N–H and O–H groups in total. The highest BCUT2D eigenvalue weighted by Gasteiger charge is 2.45. The second-order valence-electron chi connectivity index (χ2n) is 9.98. The SMILES string of the molecule is CC(C)(F)C(c1cc(F)cc(C#N)c1)C1CN(C(c2ccc(Cl)cc2)c2cccc(-c3ncon3)c2)C1. The smallest absolute Gasteiger partial charge is 0.214 e. The van der Waals surface area contributed by atoms with Crippen LogP contribution in [0.4, 0.5) is 8.78 Å². The molecule has 0 saturated carbocycles. The van der Waals surface area contributed by atoms with E-state index in [0.717, 1.165) is 16.7 Å². The molecule has 4 aromatic rings. The normalized spacial score (nSPS) is 16.1. The molecule has 1 aliphatic rings. The molecule has 3 aromatic carbocycles. The van der Waals surface area contributed by atoms with E-state index in [1.165, 1.54) is 32.4 Å². The van der Waals surface area contributed by atoms with E-state index < -0.39 is 17.4 Å². The maximum Gasteiger partial charge on any atom is 0.214 e. The fourth-order valence-electron chi connectivity index (χ4n) is 5.46. The molecule has 0 bridgehead atoms. The molecule has 37 heavy (non-hydrogen) atoms. The fraction of sp³-hybridized carbons (Fsp3) is 0.276. The molecule has 0 spiro atoms. The highest BCUT2D eigenvalue weighted by atomic mass is 35.5. The minimum atomic E-state index is -1.61. The first kappa shape index (κ1) is 25.1. The summed E-state index contributed by atoms with van der Waals surface area (Å²) < 4.78 is 34.7. The second kappa shape index (κ2) is 10.0. The highest BCUT2D eigenvalue weighted by molar-refractivity contribution is 6.30. The standard InChI is InChI=1S/C29H25ClF2N4O/c1-29(2,32)26(22-10-18(14-33)11-25(31)13-22)23-15-36(16-23)27(19-6-8-24(30)9-7-19)20-4-3-5-21(12-20)28-34-17-37-35-28/h3-13,17,23,26-27H,15-16H2,1-2H3. The van der Waals surface area contributed by atoms with Crippen LogP contribution in [0.3, 0.4) is 0 Å². The van der Waals surface area contributed by atoms with Crippen molar-refractivity contribution < 1.29 is 13.3 Å². The Morgan fingerprint density at radius 2 is 1.81 bits per heavy atom. The Morgan fingerprint density at radius 3 is 2.46 bits per heavy atom. The van der Waals surface area contributed by atoms with Gasteiger partial charge in [0.25, 0.3) is 0 Å². The lowest BCUT2D eigenvalue weighted by Crippen LogP contribution is -2.53. The average molecular weight is 519 g/mol. The summed E-state index contributed by atoms with van der Waals surface area (Å²) in [4.78, 5) is 6.43. The zero-order valence-electron chi connectivity index (χ0n) is 20.4. The van der Waals surface area contributed by atoms with Gasteiger partial charge in [0.05, 0.1) is 17.7 Å². The van der Waals surface area contributed by atoms with E-state index in [2.05, 4.69) is 15.0 Å². The number of nitriles is 1. The number of benzene rings is 3. The zero-order valence-corrected chi connectivity index (χ0v) is 21.2. The Bertz CT molecular complexity index is 1420. The van der Waals surface area contributed by atoms with Crippen LogP contribution in [-0.4, -0.2) is 33.8 Å². The van der Waals surface area contributed by atoms with E-state index >= 15 is 4.39 Å². The third kappa shape index (κ3) is 5.27. The third-order valence-corrected chi connectivity index (χ3v) is 7.18. The van der Waals surface area contributed by atoms with Crippen LogP contribution in [0.15, 0.2) is 77.6 Å². The van der Waals surface area contributed by atoms with E-state index in [0.29, 0.717) is 29.5 Å². The van der Waals surface area contributed by atoms with Crippen molar-refractivity contribution in [3.63, 3.8) is 0 Å². The second-order valence-corrected chi connectivity index (χ2v) is 10.4. The van der Waals surface area contributed by atoms with Gasteiger partial charge in [0.1, 0.15) is 11.5 Å². The minimum Gasteiger partial charge on any atom is -0.342 e. The number of aromatic nitrogens is 2. The van der Waals surface area contributed by atoms with Gasteiger partial charge < -0.3 is 4.52 Å². The van der Waals surface area contributed by atoms with E-state index in [1.807, 2.05) is 54.6 Å². The van der Waals surface area contributed by atoms with Crippen LogP contribution < -0.4 is 0 Å². The molecule has 1 fully saturated rings. The third-order valence-electron chi connectivity index (χ3n) is 6.93. The number of likely N-dealkylation sites (tertiary alicyclic amines) is 1. The Morgan fingerprint density at radius 1 is 1.05 bits per heavy atom. The van der Waals surface area contributed by atoms with Gasteiger partial charge in [0.2, 0.25) is 12.2 Å². The van der Waals surface area contributed by atoms with Gasteiger partial charge in [-0.3, -0.25) is 4.90 Å². The summed E-state index contributed by atoms with van der Waals surface area (Å²) in [5.41, 5.74) is 1.99. The van der Waals surface area contributed by atoms with Crippen molar-refractivity contribution in [2.24, 2.45) is 5.92 Å². The molecule has 2 atom stereocenters. The topological polar surface area (TPSA) is 66.0 Å². The van der Waals surface area contributed by atoms with E-state index in [-0.39, 0.29) is 17.5 Å². The number of hydrogen-bond donors (Lipinski definition) is 0. The first-order valence-corrected chi connectivity index (χ1v) is 12.4. The number of nitrogens with zero attached hydrogens (tertiary/aromatic N) is 4. The van der Waals surface area contributed by atoms with Crippen molar-refractivity contribution in [2.75, 3.05) is 13.1 Å². The van der Waals surface area contributed by atoms with Crippen molar-refractivity contribution in [1.82, 2.24) is 15.0 Å². The van der Waals surface area contributed by atoms with Gasteiger partial charge >= 0.3 is 0 Å². The van der Waals surface area contributed by atoms with Gasteiger partial charge in [-0.05, 0) is 72.9 Å². The molecule has 8 heteroatoms. The van der Waals surface area contributed by atoms with Crippen LogP contribution in [0.25, 0.3) is 11.4 Å². The van der Waals surface area contributed by atoms with Gasteiger partial charge in [-0.2, -0.15) is 10.2 Å². The molecule has 188 valence electrons. The summed E-state index contributed by atoms with van der Waals surface area (Å²) in [5, 5.41) is 13.9. The Labute approximate surface area is 219 Å². The predicted molar refractivity (Wildman–Crippen MR) is 137 cm³/mol. The van der Waals surface area contributed by atoms with E-state index in [1.54, 1.807) is 6.07 Å². The maximum atomic E-state index is 15.5. The molecule has 1 aliphatic heterocycles. The number of rotatable bonds is 7. The molecule has 0 amide bonds. The summed E-state index contributed by atoms with van der Waals surface area (Å²) in [6.45, 7) is 4.22. The van der Waals surface area contributed by atoms with E-state index in [9.17, 15) is 9.65 Å². The molecule has 1 aromatic heterocycles. The molecule has 1 saturated heterocycles. The molecule has 0 aliphatic carbocycles. The molecular formula is C29H25ClF2N4O. The first-order valence-electron chi connectivity index (χ1n) is 12.0. The van der Waals surface area contributed by atoms with Crippen LogP contribution in [0.5, 0.6) is 0 Å². The van der Waals surface area contributed by atoms with Gasteiger partial charge in [0, 0.05) is 29.6 Å². The van der Waals surface area contributed by atoms with Crippen LogP contribution in [-0.2, 0) is 0 Å². The molecule has 0 radical (unpaired) electrons. The van der Waals surface area contributed by atoms with Crippen molar-refractivity contribution in [2.45, 2.75) is 31.5 Å². The molecule has 5 nitrogen and oxygen atoms in total. The fourth-order valence-corrected chi connectivity index (χ4v) is 5.59. The lowest BCUT2D eigenvalue weighted by Gasteiger charge is -2.50. The highest BCUT2D eigenvalue weighted by Crippen LogP contribution is 2.46. The van der Waals surface area contributed by atoms with Crippen LogP contribution in [0, 0.1) is 23.1 Å². The zero-order chi connectivity index (χ0) is 26.2. The number of hydrogen-bond acceptors (Lipinski definition) is 5. The lowest BCUT2D eigenvalue weighted by atomic mass is 9.72. The summed E-state index contributed by atoms with van der Waals surface area (Å²) in [7, 11) is 0. The largest absolute Gasteiger partial charge is 0.342 e. The predicted octanol–water partition coefficient (Wildman–Crippen LogP) is 6.95. The van der Waals surface area contributed by atoms with E-state index in [4.69, 9.17) is 16.1 Å². The van der Waals surface area contributed by atoms with Crippen molar-refractivity contribution >= 4 is 11.6 Å². The van der Waals surface area contributed by atoms with Gasteiger partial charge in [-0.15, -0.1) is 0 Å². The Kier molecular flexibility index (Phi) is 6.80. The molecule has 2 unspecified atom stereocenters. The average Bonchev–Trinajstić information content (AvgIpc) is 3.38. The summed E-state index contributed by atoms with van der Waals surface area (Å²) in [5.74, 6) is -0.666. The number of halogens is 3.